The summed E-state index contributed by atoms with van der Waals surface area (Å²) in [7, 11) is 3.63. The Bertz CT molecular complexity index is 712. The summed E-state index contributed by atoms with van der Waals surface area (Å²) < 4.78 is 12.6. The minimum absolute atomic E-state index is 0.377. The summed E-state index contributed by atoms with van der Waals surface area (Å²) in [5, 5.41) is 4.74. The normalized spacial score (nSPS) is 11.0. The van der Waals surface area contributed by atoms with Crippen molar-refractivity contribution in [2.24, 2.45) is 7.05 Å². The van der Waals surface area contributed by atoms with Gasteiger partial charge in [-0.2, -0.15) is 0 Å². The monoisotopic (exact) mass is 243 g/mol. The number of nitrogens with two attached hydrogens (primary N) is 1. The maximum atomic E-state index is 5.58. The maximum Gasteiger partial charge on any atom is 0.185 e. The molecule has 3 rings (SSSR count). The number of nitrogens with zero attached hydrogens (tertiary/aromatic N) is 2. The minimum Gasteiger partial charge on any atom is -0.496 e. The van der Waals surface area contributed by atoms with Crippen molar-refractivity contribution < 1.29 is 9.26 Å². The van der Waals surface area contributed by atoms with Crippen molar-refractivity contribution in [3.05, 3.63) is 30.3 Å². The SMILES string of the molecule is COc1cccc2c1cc(-c1cc(N)no1)n2C. The lowest BCUT2D eigenvalue weighted by molar-refractivity contribution is 0.420. The van der Waals surface area contributed by atoms with E-state index < -0.39 is 0 Å². The molecular weight excluding hydrogens is 230 g/mol. The quantitative estimate of drug-likeness (QED) is 0.750. The molecule has 0 amide bonds. The second-order valence-electron chi connectivity index (χ2n) is 4.10. The van der Waals surface area contributed by atoms with Gasteiger partial charge in [0.1, 0.15) is 5.75 Å². The van der Waals surface area contributed by atoms with Gasteiger partial charge < -0.3 is 19.6 Å². The molecule has 3 aromatic rings. The zero-order valence-electron chi connectivity index (χ0n) is 10.2. The first-order valence-corrected chi connectivity index (χ1v) is 5.55. The van der Waals surface area contributed by atoms with Crippen molar-refractivity contribution in [3.8, 4) is 17.2 Å². The van der Waals surface area contributed by atoms with Crippen molar-refractivity contribution in [1.82, 2.24) is 9.72 Å². The predicted molar refractivity (Wildman–Crippen MR) is 69.4 cm³/mol. The lowest BCUT2D eigenvalue weighted by Gasteiger charge is -2.02. The van der Waals surface area contributed by atoms with Crippen LogP contribution in [0.5, 0.6) is 5.75 Å². The van der Waals surface area contributed by atoms with Crippen LogP contribution in [0.2, 0.25) is 0 Å². The molecule has 1 aromatic carbocycles. The van der Waals surface area contributed by atoms with Gasteiger partial charge in [-0.3, -0.25) is 0 Å². The Hall–Kier alpha value is -2.43. The van der Waals surface area contributed by atoms with Crippen LogP contribution in [0.25, 0.3) is 22.4 Å². The Balaban J connectivity index is 2.28. The summed E-state index contributed by atoms with van der Waals surface area (Å²) in [4.78, 5) is 0. The van der Waals surface area contributed by atoms with Crippen LogP contribution >= 0.6 is 0 Å². The largest absolute Gasteiger partial charge is 0.496 e. The fraction of sp³-hybridized carbons (Fsp3) is 0.154. The first-order valence-electron chi connectivity index (χ1n) is 5.55. The maximum absolute atomic E-state index is 5.58. The molecule has 2 N–H and O–H groups in total. The van der Waals surface area contributed by atoms with E-state index in [-0.39, 0.29) is 0 Å². The van der Waals surface area contributed by atoms with Crippen LogP contribution in [0, 0.1) is 0 Å². The number of nitrogen functional groups attached to an aromatic ring is 1. The molecule has 0 saturated heterocycles. The molecule has 5 nitrogen and oxygen atoms in total. The van der Waals surface area contributed by atoms with E-state index in [2.05, 4.69) is 5.16 Å². The van der Waals surface area contributed by atoms with Gasteiger partial charge in [0.15, 0.2) is 11.6 Å². The molecular formula is C13H13N3O2. The van der Waals surface area contributed by atoms with E-state index in [1.54, 1.807) is 13.2 Å². The van der Waals surface area contributed by atoms with Crippen LogP contribution in [0.1, 0.15) is 0 Å². The van der Waals surface area contributed by atoms with Crippen molar-refractivity contribution >= 4 is 16.7 Å². The Kier molecular flexibility index (Phi) is 2.26. The molecule has 0 atom stereocenters. The molecule has 92 valence electrons. The number of benzene rings is 1. The average Bonchev–Trinajstić information content (AvgIpc) is 2.94. The van der Waals surface area contributed by atoms with Gasteiger partial charge in [-0.1, -0.05) is 11.2 Å². The first-order chi connectivity index (χ1) is 8.70. The van der Waals surface area contributed by atoms with Gasteiger partial charge in [0.25, 0.3) is 0 Å². The fourth-order valence-electron chi connectivity index (χ4n) is 2.16. The highest BCUT2D eigenvalue weighted by atomic mass is 16.5. The molecule has 2 heterocycles. The molecule has 0 aliphatic heterocycles. The van der Waals surface area contributed by atoms with Crippen LogP contribution in [-0.4, -0.2) is 16.8 Å². The van der Waals surface area contributed by atoms with E-state index in [0.29, 0.717) is 11.6 Å². The van der Waals surface area contributed by atoms with Crippen LogP contribution < -0.4 is 10.5 Å². The number of methoxy groups -OCH3 is 1. The minimum atomic E-state index is 0.377. The van der Waals surface area contributed by atoms with Gasteiger partial charge in [-0.05, 0) is 18.2 Å². The Morgan fingerprint density at radius 3 is 2.83 bits per heavy atom. The number of rotatable bonds is 2. The van der Waals surface area contributed by atoms with Crippen LogP contribution in [-0.2, 0) is 7.05 Å². The molecule has 0 saturated carbocycles. The summed E-state index contributed by atoms with van der Waals surface area (Å²) in [6.45, 7) is 0. The van der Waals surface area contributed by atoms with Crippen molar-refractivity contribution in [2.75, 3.05) is 12.8 Å². The topological polar surface area (TPSA) is 66.2 Å². The molecule has 0 aliphatic carbocycles. The summed E-state index contributed by atoms with van der Waals surface area (Å²) >= 11 is 0. The molecule has 5 heteroatoms. The van der Waals surface area contributed by atoms with Gasteiger partial charge in [0.2, 0.25) is 0 Å². The lowest BCUT2D eigenvalue weighted by atomic mass is 10.2. The zero-order valence-corrected chi connectivity index (χ0v) is 10.2. The fourth-order valence-corrected chi connectivity index (χ4v) is 2.16. The Labute approximate surface area is 104 Å². The second kappa shape index (κ2) is 3.80. The molecule has 0 spiro atoms. The van der Waals surface area contributed by atoms with E-state index in [9.17, 15) is 0 Å². The molecule has 0 radical (unpaired) electrons. The van der Waals surface area contributed by atoms with Crippen molar-refractivity contribution in [2.45, 2.75) is 0 Å². The number of fused-ring (bicyclic) bond motifs is 1. The van der Waals surface area contributed by atoms with Crippen LogP contribution in [0.4, 0.5) is 5.82 Å². The highest BCUT2D eigenvalue weighted by Crippen LogP contribution is 2.33. The lowest BCUT2D eigenvalue weighted by Crippen LogP contribution is -1.90. The summed E-state index contributed by atoms with van der Waals surface area (Å²) in [5.74, 6) is 1.86. The van der Waals surface area contributed by atoms with E-state index in [0.717, 1.165) is 22.3 Å². The number of aromatic nitrogens is 2. The van der Waals surface area contributed by atoms with E-state index >= 15 is 0 Å². The summed E-state index contributed by atoms with van der Waals surface area (Å²) in [6, 6.07) is 9.64. The Morgan fingerprint density at radius 1 is 1.33 bits per heavy atom. The van der Waals surface area contributed by atoms with E-state index in [4.69, 9.17) is 15.0 Å². The molecule has 0 aliphatic rings. The first kappa shape index (κ1) is 10.7. The third kappa shape index (κ3) is 1.44. The number of aryl methyl sites for hydroxylation is 1. The van der Waals surface area contributed by atoms with Crippen molar-refractivity contribution in [3.63, 3.8) is 0 Å². The predicted octanol–water partition coefficient (Wildman–Crippen LogP) is 2.42. The average molecular weight is 243 g/mol. The zero-order chi connectivity index (χ0) is 12.7. The van der Waals surface area contributed by atoms with Gasteiger partial charge in [-0.25, -0.2) is 0 Å². The second-order valence-corrected chi connectivity index (χ2v) is 4.10. The highest BCUT2D eigenvalue weighted by Gasteiger charge is 2.14. The number of hydrogen-bond acceptors (Lipinski definition) is 4. The van der Waals surface area contributed by atoms with E-state index in [1.807, 2.05) is 35.9 Å². The molecule has 2 aromatic heterocycles. The highest BCUT2D eigenvalue weighted by molar-refractivity contribution is 5.91. The van der Waals surface area contributed by atoms with Gasteiger partial charge in [0.05, 0.1) is 18.3 Å². The van der Waals surface area contributed by atoms with Crippen LogP contribution in [0.3, 0.4) is 0 Å². The number of hydrogen-bond donors (Lipinski definition) is 1. The Morgan fingerprint density at radius 2 is 2.17 bits per heavy atom. The standard InChI is InChI=1S/C13H13N3O2/c1-16-9-4-3-5-11(17-2)8(9)6-10(16)12-7-13(14)15-18-12/h3-7H,1-2H3,(H2,14,15). The summed E-state index contributed by atoms with van der Waals surface area (Å²) in [5.41, 5.74) is 7.56. The molecule has 18 heavy (non-hydrogen) atoms. The third-order valence-corrected chi connectivity index (χ3v) is 3.05. The van der Waals surface area contributed by atoms with E-state index in [1.165, 1.54) is 0 Å². The third-order valence-electron chi connectivity index (χ3n) is 3.05. The smallest absolute Gasteiger partial charge is 0.185 e. The van der Waals surface area contributed by atoms with Gasteiger partial charge >= 0.3 is 0 Å². The number of anilines is 1. The van der Waals surface area contributed by atoms with Crippen LogP contribution in [0.15, 0.2) is 34.9 Å². The van der Waals surface area contributed by atoms with Crippen molar-refractivity contribution in [1.29, 1.82) is 0 Å². The van der Waals surface area contributed by atoms with Gasteiger partial charge in [-0.15, -0.1) is 0 Å². The molecule has 0 bridgehead atoms. The molecule has 0 unspecified atom stereocenters. The van der Waals surface area contributed by atoms with Gasteiger partial charge in [0, 0.05) is 18.5 Å². The number of ether oxygens (including phenoxy) is 1. The summed E-state index contributed by atoms with van der Waals surface area (Å²) in [6.07, 6.45) is 0. The molecule has 0 fully saturated rings.